The monoisotopic (exact) mass is 161 g/mol. The minimum atomic E-state index is 0.318. The summed E-state index contributed by atoms with van der Waals surface area (Å²) in [6, 6.07) is 0. The standard InChI is InChI=1S/C8H16ClN/c1-8(9)7-10-5-3-2-4-6-10/h8H,2-7H2,1H3. The van der Waals surface area contributed by atoms with Crippen LogP contribution in [-0.4, -0.2) is 29.9 Å². The van der Waals surface area contributed by atoms with E-state index >= 15 is 0 Å². The lowest BCUT2D eigenvalue weighted by Crippen LogP contribution is -2.33. The van der Waals surface area contributed by atoms with Crippen LogP contribution in [0.3, 0.4) is 0 Å². The zero-order chi connectivity index (χ0) is 7.40. The highest BCUT2D eigenvalue weighted by atomic mass is 35.5. The van der Waals surface area contributed by atoms with Crippen molar-refractivity contribution in [1.82, 2.24) is 4.90 Å². The van der Waals surface area contributed by atoms with Crippen LogP contribution in [0.4, 0.5) is 0 Å². The first-order valence-corrected chi connectivity index (χ1v) is 4.59. The lowest BCUT2D eigenvalue weighted by atomic mass is 10.1. The van der Waals surface area contributed by atoms with Crippen LogP contribution in [-0.2, 0) is 0 Å². The topological polar surface area (TPSA) is 3.24 Å². The zero-order valence-corrected chi connectivity index (χ0v) is 7.40. The average molecular weight is 162 g/mol. The first-order chi connectivity index (χ1) is 4.79. The van der Waals surface area contributed by atoms with Gasteiger partial charge in [0.05, 0.1) is 0 Å². The molecule has 0 radical (unpaired) electrons. The Morgan fingerprint density at radius 2 is 1.90 bits per heavy atom. The lowest BCUT2D eigenvalue weighted by molar-refractivity contribution is 0.231. The summed E-state index contributed by atoms with van der Waals surface area (Å²) < 4.78 is 0. The van der Waals surface area contributed by atoms with Crippen LogP contribution >= 0.6 is 11.6 Å². The second-order valence-corrected chi connectivity index (χ2v) is 3.89. The van der Waals surface area contributed by atoms with Gasteiger partial charge in [-0.25, -0.2) is 0 Å². The Hall–Kier alpha value is 0.250. The van der Waals surface area contributed by atoms with Gasteiger partial charge in [0.1, 0.15) is 0 Å². The molecule has 2 heteroatoms. The molecule has 1 nitrogen and oxygen atoms in total. The van der Waals surface area contributed by atoms with Crippen molar-refractivity contribution in [2.75, 3.05) is 19.6 Å². The van der Waals surface area contributed by atoms with Gasteiger partial charge in [-0.3, -0.25) is 0 Å². The van der Waals surface area contributed by atoms with E-state index in [1.54, 1.807) is 0 Å². The number of piperidine rings is 1. The second-order valence-electron chi connectivity index (χ2n) is 3.14. The molecule has 10 heavy (non-hydrogen) atoms. The molecule has 0 N–H and O–H groups in total. The molecule has 1 aliphatic heterocycles. The molecule has 0 saturated carbocycles. The molecule has 0 spiro atoms. The Balaban J connectivity index is 2.13. The van der Waals surface area contributed by atoms with Crippen molar-refractivity contribution in [3.05, 3.63) is 0 Å². The number of alkyl halides is 1. The summed E-state index contributed by atoms with van der Waals surface area (Å²) in [4.78, 5) is 2.46. The molecule has 0 amide bonds. The number of halogens is 1. The molecule has 1 atom stereocenters. The van der Waals surface area contributed by atoms with Gasteiger partial charge in [-0.1, -0.05) is 6.42 Å². The van der Waals surface area contributed by atoms with Crippen molar-refractivity contribution in [2.24, 2.45) is 0 Å². The Morgan fingerprint density at radius 3 is 2.40 bits per heavy atom. The van der Waals surface area contributed by atoms with Crippen molar-refractivity contribution < 1.29 is 0 Å². The predicted octanol–water partition coefficient (Wildman–Crippen LogP) is 2.10. The normalized spacial score (nSPS) is 24.6. The van der Waals surface area contributed by atoms with E-state index in [-0.39, 0.29) is 0 Å². The summed E-state index contributed by atoms with van der Waals surface area (Å²) in [7, 11) is 0. The van der Waals surface area contributed by atoms with Gasteiger partial charge < -0.3 is 4.90 Å². The highest BCUT2D eigenvalue weighted by Gasteiger charge is 2.10. The molecule has 1 heterocycles. The van der Waals surface area contributed by atoms with Crippen LogP contribution in [0.1, 0.15) is 26.2 Å². The smallest absolute Gasteiger partial charge is 0.0435 e. The van der Waals surface area contributed by atoms with Crippen LogP contribution < -0.4 is 0 Å². The average Bonchev–Trinajstić information content (AvgIpc) is 1.88. The second kappa shape index (κ2) is 4.20. The molecule has 1 rings (SSSR count). The first kappa shape index (κ1) is 8.35. The van der Waals surface area contributed by atoms with E-state index in [1.165, 1.54) is 32.4 Å². The molecule has 1 saturated heterocycles. The van der Waals surface area contributed by atoms with Crippen molar-refractivity contribution in [3.63, 3.8) is 0 Å². The molecule has 1 aliphatic rings. The van der Waals surface area contributed by atoms with Crippen LogP contribution in [0.25, 0.3) is 0 Å². The minimum Gasteiger partial charge on any atom is -0.302 e. The van der Waals surface area contributed by atoms with Crippen LogP contribution in [0, 0.1) is 0 Å². The van der Waals surface area contributed by atoms with Gasteiger partial charge in [0.15, 0.2) is 0 Å². The first-order valence-electron chi connectivity index (χ1n) is 4.15. The summed E-state index contributed by atoms with van der Waals surface area (Å²) in [6.07, 6.45) is 4.14. The number of hydrogen-bond donors (Lipinski definition) is 0. The lowest BCUT2D eigenvalue weighted by Gasteiger charge is -2.27. The zero-order valence-electron chi connectivity index (χ0n) is 6.65. The fourth-order valence-electron chi connectivity index (χ4n) is 1.50. The molecule has 0 aromatic heterocycles. The van der Waals surface area contributed by atoms with Gasteiger partial charge in [-0.15, -0.1) is 11.6 Å². The maximum absolute atomic E-state index is 5.87. The summed E-state index contributed by atoms with van der Waals surface area (Å²) in [5.74, 6) is 0. The van der Waals surface area contributed by atoms with E-state index in [0.717, 1.165) is 6.54 Å². The fraction of sp³-hybridized carbons (Fsp3) is 1.00. The third-order valence-corrected chi connectivity index (χ3v) is 2.10. The van der Waals surface area contributed by atoms with Crippen LogP contribution in [0.5, 0.6) is 0 Å². The predicted molar refractivity (Wildman–Crippen MR) is 45.6 cm³/mol. The Kier molecular flexibility index (Phi) is 3.50. The minimum absolute atomic E-state index is 0.318. The van der Waals surface area contributed by atoms with Crippen molar-refractivity contribution in [2.45, 2.75) is 31.6 Å². The largest absolute Gasteiger partial charge is 0.302 e. The van der Waals surface area contributed by atoms with E-state index in [1.807, 2.05) is 0 Å². The maximum atomic E-state index is 5.87. The summed E-state index contributed by atoms with van der Waals surface area (Å²) in [5.41, 5.74) is 0. The van der Waals surface area contributed by atoms with Crippen molar-refractivity contribution >= 4 is 11.6 Å². The molecule has 60 valence electrons. The highest BCUT2D eigenvalue weighted by molar-refractivity contribution is 6.20. The number of likely N-dealkylation sites (tertiary alicyclic amines) is 1. The SMILES string of the molecule is CC(Cl)CN1CCCCC1. The quantitative estimate of drug-likeness (QED) is 0.561. The summed E-state index contributed by atoms with van der Waals surface area (Å²) in [6.45, 7) is 5.66. The molecule has 0 bridgehead atoms. The van der Waals surface area contributed by atoms with Gasteiger partial charge >= 0.3 is 0 Å². The highest BCUT2D eigenvalue weighted by Crippen LogP contribution is 2.09. The molecule has 0 aliphatic carbocycles. The summed E-state index contributed by atoms with van der Waals surface area (Å²) >= 11 is 5.87. The number of rotatable bonds is 2. The fourth-order valence-corrected chi connectivity index (χ4v) is 1.69. The molecule has 0 aromatic rings. The molecule has 1 fully saturated rings. The number of hydrogen-bond acceptors (Lipinski definition) is 1. The van der Waals surface area contributed by atoms with Gasteiger partial charge in [0, 0.05) is 11.9 Å². The molecule has 0 aromatic carbocycles. The van der Waals surface area contributed by atoms with E-state index < -0.39 is 0 Å². The van der Waals surface area contributed by atoms with Crippen LogP contribution in [0.2, 0.25) is 0 Å². The molecular formula is C8H16ClN. The van der Waals surface area contributed by atoms with Crippen LogP contribution in [0.15, 0.2) is 0 Å². The van der Waals surface area contributed by atoms with Gasteiger partial charge in [-0.2, -0.15) is 0 Å². The molecule has 1 unspecified atom stereocenters. The Labute approximate surface area is 68.4 Å². The third-order valence-electron chi connectivity index (χ3n) is 1.96. The van der Waals surface area contributed by atoms with Crippen molar-refractivity contribution in [3.8, 4) is 0 Å². The van der Waals surface area contributed by atoms with Gasteiger partial charge in [0.2, 0.25) is 0 Å². The Bertz CT molecular complexity index is 87.3. The van der Waals surface area contributed by atoms with E-state index in [9.17, 15) is 0 Å². The number of nitrogens with zero attached hydrogens (tertiary/aromatic N) is 1. The summed E-state index contributed by atoms with van der Waals surface area (Å²) in [5, 5.41) is 0.318. The Morgan fingerprint density at radius 1 is 1.30 bits per heavy atom. The third kappa shape index (κ3) is 2.89. The van der Waals surface area contributed by atoms with E-state index in [2.05, 4.69) is 11.8 Å². The van der Waals surface area contributed by atoms with Gasteiger partial charge in [0.25, 0.3) is 0 Å². The molecular weight excluding hydrogens is 146 g/mol. The van der Waals surface area contributed by atoms with E-state index in [0.29, 0.717) is 5.38 Å². The van der Waals surface area contributed by atoms with E-state index in [4.69, 9.17) is 11.6 Å². The van der Waals surface area contributed by atoms with Crippen molar-refractivity contribution in [1.29, 1.82) is 0 Å². The maximum Gasteiger partial charge on any atom is 0.0435 e. The van der Waals surface area contributed by atoms with Gasteiger partial charge in [-0.05, 0) is 32.9 Å².